The molecule has 33 heavy (non-hydrogen) atoms. The molecular formula is C18H18BrF5N3O4PS. The van der Waals surface area contributed by atoms with Crippen molar-refractivity contribution in [3.63, 3.8) is 0 Å². The van der Waals surface area contributed by atoms with Crippen molar-refractivity contribution in [2.24, 2.45) is 0 Å². The molecule has 0 aliphatic heterocycles. The molecule has 3 rings (SSSR count). The lowest BCUT2D eigenvalue weighted by Crippen LogP contribution is -2.14. The van der Waals surface area contributed by atoms with Crippen LogP contribution in [0.4, 0.5) is 22.0 Å². The molecular weight excluding hydrogens is 560 g/mol. The fourth-order valence-corrected chi connectivity index (χ4v) is 6.35. The van der Waals surface area contributed by atoms with Gasteiger partial charge in [0.2, 0.25) is 0 Å². The summed E-state index contributed by atoms with van der Waals surface area (Å²) < 4.78 is 89.4. The number of hydrogen-bond acceptors (Lipinski definition) is 6. The number of alkyl halides is 5. The van der Waals surface area contributed by atoms with E-state index >= 15 is 0 Å². The SMILES string of the molecule is CCOP(=O)(O)C(F)(F)c1sc2c(OCCCC(F)(F)F)cc(-c3n[nH]c(C)n3)cc2c1Br. The number of fused-ring (bicyclic) bond motifs is 1. The summed E-state index contributed by atoms with van der Waals surface area (Å²) in [5, 5.41) is 6.84. The van der Waals surface area contributed by atoms with Crippen LogP contribution in [0, 0.1) is 6.92 Å². The fourth-order valence-electron chi connectivity index (χ4n) is 2.88. The molecule has 7 nitrogen and oxygen atoms in total. The van der Waals surface area contributed by atoms with E-state index in [4.69, 9.17) is 4.74 Å². The average Bonchev–Trinajstić information content (AvgIpc) is 3.28. The zero-order chi connectivity index (χ0) is 24.6. The minimum atomic E-state index is -5.37. The van der Waals surface area contributed by atoms with Gasteiger partial charge in [0.25, 0.3) is 0 Å². The second-order valence-corrected chi connectivity index (χ2v) is 10.6. The van der Waals surface area contributed by atoms with Gasteiger partial charge in [-0.05, 0) is 48.3 Å². The summed E-state index contributed by atoms with van der Waals surface area (Å²) in [6.45, 7) is 2.21. The van der Waals surface area contributed by atoms with E-state index in [1.54, 1.807) is 6.92 Å². The Balaban J connectivity index is 2.10. The van der Waals surface area contributed by atoms with Crippen molar-refractivity contribution in [1.29, 1.82) is 0 Å². The third-order valence-corrected chi connectivity index (χ3v) is 8.41. The second kappa shape index (κ2) is 9.57. The number of halogens is 6. The maximum absolute atomic E-state index is 15.0. The van der Waals surface area contributed by atoms with Crippen molar-refractivity contribution >= 4 is 44.9 Å². The van der Waals surface area contributed by atoms with Crippen LogP contribution >= 0.6 is 34.9 Å². The second-order valence-electron chi connectivity index (χ2n) is 6.89. The van der Waals surface area contributed by atoms with Gasteiger partial charge in [0.05, 0.1) is 17.9 Å². The molecule has 0 fully saturated rings. The van der Waals surface area contributed by atoms with Crippen LogP contribution in [0.2, 0.25) is 0 Å². The van der Waals surface area contributed by atoms with Gasteiger partial charge in [-0.2, -0.15) is 27.1 Å². The molecule has 0 saturated carbocycles. The standard InChI is InChI=1S/C18H18BrF5N3O4PS/c1-3-31-32(28,29)18(23,24)15-13(19)11-7-10(16-25-9(2)26-27-16)8-12(14(11)33-15)30-6-4-5-17(20,21)22/h7-8H,3-6H2,1-2H3,(H,28,29)(H,25,26,27). The third kappa shape index (κ3) is 5.56. The van der Waals surface area contributed by atoms with E-state index in [0.29, 0.717) is 22.7 Å². The lowest BCUT2D eigenvalue weighted by atomic mass is 10.1. The molecule has 0 aliphatic carbocycles. The zero-order valence-corrected chi connectivity index (χ0v) is 20.5. The van der Waals surface area contributed by atoms with E-state index in [9.17, 15) is 31.4 Å². The van der Waals surface area contributed by atoms with Gasteiger partial charge in [0.15, 0.2) is 5.82 Å². The molecule has 1 unspecified atom stereocenters. The third-order valence-electron chi connectivity index (χ3n) is 4.34. The molecule has 0 bridgehead atoms. The Bertz CT molecular complexity index is 1200. The number of benzene rings is 1. The van der Waals surface area contributed by atoms with E-state index in [1.807, 2.05) is 0 Å². The van der Waals surface area contributed by atoms with Gasteiger partial charge >= 0.3 is 19.4 Å². The summed E-state index contributed by atoms with van der Waals surface area (Å²) in [5.41, 5.74) is -3.90. The van der Waals surface area contributed by atoms with E-state index in [1.165, 1.54) is 19.1 Å². The molecule has 2 aromatic heterocycles. The summed E-state index contributed by atoms with van der Waals surface area (Å²) in [7, 11) is -5.37. The maximum atomic E-state index is 15.0. The van der Waals surface area contributed by atoms with E-state index in [0.717, 1.165) is 0 Å². The number of H-pyrrole nitrogens is 1. The molecule has 0 saturated heterocycles. The predicted octanol–water partition coefficient (Wildman–Crippen LogP) is 6.75. The van der Waals surface area contributed by atoms with Gasteiger partial charge in [-0.15, -0.1) is 11.3 Å². The van der Waals surface area contributed by atoms with Crippen LogP contribution in [0.25, 0.3) is 21.5 Å². The lowest BCUT2D eigenvalue weighted by molar-refractivity contribution is -0.136. The lowest BCUT2D eigenvalue weighted by Gasteiger charge is -2.20. The number of thiophene rings is 1. The number of hydrogen-bond donors (Lipinski definition) is 2. The Labute approximate surface area is 197 Å². The highest BCUT2D eigenvalue weighted by Gasteiger charge is 2.55. The van der Waals surface area contributed by atoms with Gasteiger partial charge in [0, 0.05) is 21.8 Å². The van der Waals surface area contributed by atoms with Crippen LogP contribution < -0.4 is 4.74 Å². The fraction of sp³-hybridized carbons (Fsp3) is 0.444. The van der Waals surface area contributed by atoms with Crippen LogP contribution in [-0.2, 0) is 14.8 Å². The number of aromatic nitrogens is 3. The summed E-state index contributed by atoms with van der Waals surface area (Å²) in [6.07, 6.45) is -5.78. The average molecular weight is 578 g/mol. The van der Waals surface area contributed by atoms with Crippen molar-refractivity contribution in [2.75, 3.05) is 13.2 Å². The Kier molecular flexibility index (Phi) is 7.54. The highest BCUT2D eigenvalue weighted by molar-refractivity contribution is 9.10. The molecule has 1 aromatic carbocycles. The number of aromatic amines is 1. The molecule has 2 N–H and O–H groups in total. The zero-order valence-electron chi connectivity index (χ0n) is 17.2. The molecule has 0 radical (unpaired) electrons. The summed E-state index contributed by atoms with van der Waals surface area (Å²) in [4.78, 5) is 13.2. The molecule has 0 amide bonds. The minimum absolute atomic E-state index is 0.0176. The van der Waals surface area contributed by atoms with Crippen molar-refractivity contribution in [3.05, 3.63) is 27.3 Å². The topological polar surface area (TPSA) is 97.3 Å². The van der Waals surface area contributed by atoms with Crippen LogP contribution in [0.1, 0.15) is 30.5 Å². The molecule has 2 heterocycles. The molecule has 0 spiro atoms. The van der Waals surface area contributed by atoms with E-state index in [-0.39, 0.29) is 39.2 Å². The normalized spacial score (nSPS) is 14.6. The minimum Gasteiger partial charge on any atom is -0.492 e. The monoisotopic (exact) mass is 577 g/mol. The molecule has 3 aromatic rings. The Morgan fingerprint density at radius 1 is 1.27 bits per heavy atom. The smallest absolute Gasteiger partial charge is 0.402 e. The number of ether oxygens (including phenoxy) is 1. The maximum Gasteiger partial charge on any atom is 0.402 e. The Hall–Kier alpha value is -1.60. The number of nitrogens with zero attached hydrogens (tertiary/aromatic N) is 2. The first-order valence-corrected chi connectivity index (χ1v) is 12.7. The first-order valence-electron chi connectivity index (χ1n) is 9.47. The van der Waals surface area contributed by atoms with Crippen molar-refractivity contribution < 1.29 is 40.7 Å². The molecule has 1 atom stereocenters. The van der Waals surface area contributed by atoms with Gasteiger partial charge in [-0.1, -0.05) is 0 Å². The number of nitrogens with one attached hydrogen (secondary N) is 1. The highest BCUT2D eigenvalue weighted by Crippen LogP contribution is 2.66. The van der Waals surface area contributed by atoms with Gasteiger partial charge < -0.3 is 14.2 Å². The van der Waals surface area contributed by atoms with E-state index in [2.05, 4.69) is 35.6 Å². The Morgan fingerprint density at radius 3 is 2.55 bits per heavy atom. The summed E-state index contributed by atoms with van der Waals surface area (Å²) >= 11 is 3.55. The molecule has 0 aliphatic rings. The van der Waals surface area contributed by atoms with Crippen molar-refractivity contribution in [3.8, 4) is 17.1 Å². The molecule has 15 heteroatoms. The summed E-state index contributed by atoms with van der Waals surface area (Å²) in [6, 6.07) is 2.90. The van der Waals surface area contributed by atoms with Crippen molar-refractivity contribution in [2.45, 2.75) is 38.5 Å². The first-order chi connectivity index (χ1) is 15.3. The van der Waals surface area contributed by atoms with Crippen LogP contribution in [0.15, 0.2) is 16.6 Å². The van der Waals surface area contributed by atoms with Gasteiger partial charge in [0.1, 0.15) is 16.5 Å². The quantitative estimate of drug-likeness (QED) is 0.166. The van der Waals surface area contributed by atoms with Crippen LogP contribution in [0.3, 0.4) is 0 Å². The van der Waals surface area contributed by atoms with Crippen LogP contribution in [-0.4, -0.2) is 39.5 Å². The van der Waals surface area contributed by atoms with E-state index < -0.39 is 37.3 Å². The summed E-state index contributed by atoms with van der Waals surface area (Å²) in [5.74, 6) is 0.708. The highest BCUT2D eigenvalue weighted by atomic mass is 79.9. The van der Waals surface area contributed by atoms with Crippen LogP contribution in [0.5, 0.6) is 5.75 Å². The van der Waals surface area contributed by atoms with Gasteiger partial charge in [-0.3, -0.25) is 9.66 Å². The predicted molar refractivity (Wildman–Crippen MR) is 116 cm³/mol. The number of rotatable bonds is 9. The van der Waals surface area contributed by atoms with Gasteiger partial charge in [-0.25, -0.2) is 4.98 Å². The number of aryl methyl sites for hydroxylation is 1. The molecule has 182 valence electrons. The Morgan fingerprint density at radius 2 is 1.97 bits per heavy atom. The van der Waals surface area contributed by atoms with Crippen molar-refractivity contribution in [1.82, 2.24) is 15.2 Å². The first kappa shape index (κ1) is 26.0. The largest absolute Gasteiger partial charge is 0.492 e.